The number of benzene rings is 2. The van der Waals surface area contributed by atoms with Crippen molar-refractivity contribution in [2.75, 3.05) is 6.61 Å². The molecule has 0 aromatic heterocycles. The van der Waals surface area contributed by atoms with Crippen molar-refractivity contribution in [1.29, 1.82) is 0 Å². The van der Waals surface area contributed by atoms with Crippen LogP contribution in [0, 0.1) is 0 Å². The highest BCUT2D eigenvalue weighted by atomic mass is 16.3. The molecule has 0 aliphatic rings. The van der Waals surface area contributed by atoms with Gasteiger partial charge in [0.2, 0.25) is 0 Å². The van der Waals surface area contributed by atoms with Crippen LogP contribution in [0.3, 0.4) is 0 Å². The van der Waals surface area contributed by atoms with Gasteiger partial charge in [-0.1, -0.05) is 60.7 Å². The number of hydrogen-bond acceptors (Lipinski definition) is 2. The van der Waals surface area contributed by atoms with Gasteiger partial charge in [0, 0.05) is 12.5 Å². The van der Waals surface area contributed by atoms with Crippen LogP contribution in [-0.4, -0.2) is 22.9 Å². The summed E-state index contributed by atoms with van der Waals surface area (Å²) in [6.45, 7) is 0.118. The van der Waals surface area contributed by atoms with Gasteiger partial charge in [-0.05, 0) is 24.0 Å². The lowest BCUT2D eigenvalue weighted by Gasteiger charge is -2.24. The Kier molecular flexibility index (Phi) is 5.13. The SMILES string of the molecule is OCCCC(O)C(c1ccccc1)c1ccccc1. The summed E-state index contributed by atoms with van der Waals surface area (Å²) >= 11 is 0. The van der Waals surface area contributed by atoms with E-state index in [0.717, 1.165) is 11.1 Å². The van der Waals surface area contributed by atoms with Crippen LogP contribution in [-0.2, 0) is 0 Å². The van der Waals surface area contributed by atoms with Crippen molar-refractivity contribution in [2.24, 2.45) is 0 Å². The van der Waals surface area contributed by atoms with Gasteiger partial charge in [-0.3, -0.25) is 0 Å². The third kappa shape index (κ3) is 3.66. The first-order valence-corrected chi connectivity index (χ1v) is 6.71. The van der Waals surface area contributed by atoms with Crippen molar-refractivity contribution in [1.82, 2.24) is 0 Å². The summed E-state index contributed by atoms with van der Waals surface area (Å²) in [5.41, 5.74) is 2.22. The van der Waals surface area contributed by atoms with Crippen molar-refractivity contribution in [3.63, 3.8) is 0 Å². The summed E-state index contributed by atoms with van der Waals surface area (Å²) in [5.74, 6) is -0.0334. The second-order valence-electron chi connectivity index (χ2n) is 4.73. The first-order valence-electron chi connectivity index (χ1n) is 6.71. The van der Waals surface area contributed by atoms with Crippen molar-refractivity contribution < 1.29 is 10.2 Å². The fourth-order valence-electron chi connectivity index (χ4n) is 2.42. The minimum Gasteiger partial charge on any atom is -0.396 e. The quantitative estimate of drug-likeness (QED) is 0.834. The van der Waals surface area contributed by atoms with Gasteiger partial charge in [0.05, 0.1) is 6.10 Å². The summed E-state index contributed by atoms with van der Waals surface area (Å²) in [6.07, 6.45) is 0.749. The summed E-state index contributed by atoms with van der Waals surface area (Å²) in [6, 6.07) is 20.1. The highest BCUT2D eigenvalue weighted by Crippen LogP contribution is 2.29. The van der Waals surface area contributed by atoms with Crippen molar-refractivity contribution in [2.45, 2.75) is 24.9 Å². The molecule has 2 nitrogen and oxygen atoms in total. The Morgan fingerprint density at radius 2 is 1.26 bits per heavy atom. The molecule has 0 spiro atoms. The predicted octanol–water partition coefficient (Wildman–Crippen LogP) is 2.95. The lowest BCUT2D eigenvalue weighted by molar-refractivity contribution is 0.134. The largest absolute Gasteiger partial charge is 0.396 e. The Balaban J connectivity index is 2.29. The molecule has 2 aromatic carbocycles. The minimum absolute atomic E-state index is 0.0334. The van der Waals surface area contributed by atoms with E-state index in [2.05, 4.69) is 0 Å². The maximum absolute atomic E-state index is 10.4. The van der Waals surface area contributed by atoms with Gasteiger partial charge in [-0.25, -0.2) is 0 Å². The summed E-state index contributed by atoms with van der Waals surface area (Å²) < 4.78 is 0. The molecule has 1 atom stereocenters. The van der Waals surface area contributed by atoms with Crippen LogP contribution in [0.25, 0.3) is 0 Å². The lowest BCUT2D eigenvalue weighted by atomic mass is 9.85. The fraction of sp³-hybridized carbons (Fsp3) is 0.294. The number of hydrogen-bond donors (Lipinski definition) is 2. The molecule has 2 N–H and O–H groups in total. The molecule has 100 valence electrons. The van der Waals surface area contributed by atoms with E-state index in [1.54, 1.807) is 0 Å². The average molecular weight is 256 g/mol. The van der Waals surface area contributed by atoms with Gasteiger partial charge >= 0.3 is 0 Å². The van der Waals surface area contributed by atoms with Gasteiger partial charge in [0.15, 0.2) is 0 Å². The molecule has 1 unspecified atom stereocenters. The fourth-order valence-corrected chi connectivity index (χ4v) is 2.42. The molecule has 2 heteroatoms. The summed E-state index contributed by atoms with van der Waals surface area (Å²) in [5, 5.41) is 19.4. The van der Waals surface area contributed by atoms with E-state index in [0.29, 0.717) is 12.8 Å². The normalized spacial score (nSPS) is 12.6. The third-order valence-corrected chi connectivity index (χ3v) is 3.36. The van der Waals surface area contributed by atoms with Crippen LogP contribution in [0.4, 0.5) is 0 Å². The molecule has 0 aliphatic carbocycles. The van der Waals surface area contributed by atoms with E-state index < -0.39 is 6.10 Å². The Hall–Kier alpha value is -1.64. The summed E-state index contributed by atoms with van der Waals surface area (Å²) in [4.78, 5) is 0. The van der Waals surface area contributed by atoms with Gasteiger partial charge in [0.25, 0.3) is 0 Å². The molecule has 0 fully saturated rings. The van der Waals surface area contributed by atoms with E-state index in [1.165, 1.54) is 0 Å². The Morgan fingerprint density at radius 3 is 1.68 bits per heavy atom. The Morgan fingerprint density at radius 1 is 0.789 bits per heavy atom. The van der Waals surface area contributed by atoms with E-state index in [9.17, 15) is 5.11 Å². The molecule has 19 heavy (non-hydrogen) atoms. The maximum atomic E-state index is 10.4. The van der Waals surface area contributed by atoms with E-state index in [1.807, 2.05) is 60.7 Å². The van der Waals surface area contributed by atoms with Crippen molar-refractivity contribution in [3.05, 3.63) is 71.8 Å². The van der Waals surface area contributed by atoms with Crippen LogP contribution in [0.1, 0.15) is 29.9 Å². The number of aliphatic hydroxyl groups excluding tert-OH is 2. The molecular formula is C17H20O2. The molecule has 0 heterocycles. The van der Waals surface area contributed by atoms with E-state index in [-0.39, 0.29) is 12.5 Å². The first-order chi connectivity index (χ1) is 9.33. The number of aliphatic hydroxyl groups is 2. The smallest absolute Gasteiger partial charge is 0.0650 e. The molecule has 0 radical (unpaired) electrons. The van der Waals surface area contributed by atoms with E-state index >= 15 is 0 Å². The molecule has 0 aliphatic heterocycles. The van der Waals surface area contributed by atoms with Crippen molar-refractivity contribution >= 4 is 0 Å². The van der Waals surface area contributed by atoms with Gasteiger partial charge in [0.1, 0.15) is 0 Å². The standard InChI is InChI=1S/C17H20O2/c18-13-7-12-16(19)17(14-8-3-1-4-9-14)15-10-5-2-6-11-15/h1-6,8-11,16-19H,7,12-13H2. The zero-order valence-corrected chi connectivity index (χ0v) is 10.9. The van der Waals surface area contributed by atoms with Crippen LogP contribution in [0.15, 0.2) is 60.7 Å². The van der Waals surface area contributed by atoms with E-state index in [4.69, 9.17) is 5.11 Å². The van der Waals surface area contributed by atoms with Crippen LogP contribution >= 0.6 is 0 Å². The van der Waals surface area contributed by atoms with Crippen LogP contribution in [0.2, 0.25) is 0 Å². The van der Waals surface area contributed by atoms with Crippen LogP contribution < -0.4 is 0 Å². The van der Waals surface area contributed by atoms with Gasteiger partial charge in [-0.15, -0.1) is 0 Å². The van der Waals surface area contributed by atoms with Crippen LogP contribution in [0.5, 0.6) is 0 Å². The molecule has 2 rings (SSSR count). The Labute approximate surface area is 114 Å². The molecule has 0 amide bonds. The molecule has 0 saturated carbocycles. The highest BCUT2D eigenvalue weighted by molar-refractivity contribution is 5.33. The van der Waals surface area contributed by atoms with Gasteiger partial charge in [-0.2, -0.15) is 0 Å². The first kappa shape index (κ1) is 13.8. The predicted molar refractivity (Wildman–Crippen MR) is 77.1 cm³/mol. The highest BCUT2D eigenvalue weighted by Gasteiger charge is 2.22. The molecule has 0 saturated heterocycles. The van der Waals surface area contributed by atoms with Crippen molar-refractivity contribution in [3.8, 4) is 0 Å². The third-order valence-electron chi connectivity index (χ3n) is 3.36. The maximum Gasteiger partial charge on any atom is 0.0650 e. The summed E-state index contributed by atoms with van der Waals surface area (Å²) in [7, 11) is 0. The monoisotopic (exact) mass is 256 g/mol. The molecule has 0 bridgehead atoms. The Bertz CT molecular complexity index is 428. The topological polar surface area (TPSA) is 40.5 Å². The second-order valence-corrected chi connectivity index (χ2v) is 4.73. The zero-order valence-electron chi connectivity index (χ0n) is 10.9. The number of rotatable bonds is 6. The van der Waals surface area contributed by atoms with Gasteiger partial charge < -0.3 is 10.2 Å². The zero-order chi connectivity index (χ0) is 13.5. The molecule has 2 aromatic rings. The second kappa shape index (κ2) is 7.07. The minimum atomic E-state index is -0.475. The molecular weight excluding hydrogens is 236 g/mol. The average Bonchev–Trinajstić information content (AvgIpc) is 2.47. The lowest BCUT2D eigenvalue weighted by Crippen LogP contribution is -2.20.